The molecule has 0 aromatic rings. The Morgan fingerprint density at radius 1 is 1.39 bits per heavy atom. The molecule has 2 N–H and O–H groups in total. The number of hydrogen-bond acceptors (Lipinski definition) is 3. The van der Waals surface area contributed by atoms with Crippen molar-refractivity contribution < 1.29 is 4.74 Å². The minimum atomic E-state index is 0.247. The molecule has 1 unspecified atom stereocenters. The summed E-state index contributed by atoms with van der Waals surface area (Å²) in [6, 6.07) is 0.779. The zero-order chi connectivity index (χ0) is 12.4. The molecular formula is C15H20N2O. The zero-order valence-electron chi connectivity index (χ0n) is 10.8. The summed E-state index contributed by atoms with van der Waals surface area (Å²) in [5, 5.41) is 6.65. The third-order valence-electron chi connectivity index (χ3n) is 3.59. The fourth-order valence-electron chi connectivity index (χ4n) is 1.96. The lowest BCUT2D eigenvalue weighted by Crippen LogP contribution is -2.46. The van der Waals surface area contributed by atoms with Crippen LogP contribution in [-0.4, -0.2) is 25.2 Å². The number of allylic oxidation sites excluding steroid dienone is 2. The molecule has 2 fully saturated rings. The van der Waals surface area contributed by atoms with E-state index in [4.69, 9.17) is 4.74 Å². The highest BCUT2D eigenvalue weighted by atomic mass is 16.5. The highest BCUT2D eigenvalue weighted by molar-refractivity contribution is 5.42. The number of dihydropyridines is 1. The van der Waals surface area contributed by atoms with Gasteiger partial charge in [-0.25, -0.2) is 0 Å². The van der Waals surface area contributed by atoms with Gasteiger partial charge in [0.15, 0.2) is 0 Å². The second-order valence-corrected chi connectivity index (χ2v) is 5.33. The predicted octanol–water partition coefficient (Wildman–Crippen LogP) is 1.54. The van der Waals surface area contributed by atoms with E-state index in [2.05, 4.69) is 35.5 Å². The fraction of sp³-hybridized carbons (Fsp3) is 0.600. The molecule has 3 nitrogen and oxygen atoms in total. The Morgan fingerprint density at radius 3 is 2.89 bits per heavy atom. The van der Waals surface area contributed by atoms with Gasteiger partial charge in [-0.15, -0.1) is 0 Å². The zero-order valence-corrected chi connectivity index (χ0v) is 10.8. The van der Waals surface area contributed by atoms with E-state index in [1.165, 1.54) is 19.3 Å². The molecular weight excluding hydrogens is 224 g/mol. The summed E-state index contributed by atoms with van der Waals surface area (Å²) in [5.74, 6) is 8.15. The van der Waals surface area contributed by atoms with Crippen LogP contribution < -0.4 is 10.6 Å². The smallest absolute Gasteiger partial charge is 0.119 e. The molecule has 1 saturated heterocycles. The Balaban J connectivity index is 1.58. The first kappa shape index (κ1) is 11.7. The molecule has 3 aliphatic rings. The standard InChI is InChI=1S/C15H20N2O/c1-11-15(18-10-14-6-7-16-14)8-13(9-17-11)5-4-12-2-3-12/h8-9,11-12,14,16-17H,2-3,6-7,10H2,1H3/t11?,14-/m0/s1. The lowest BCUT2D eigenvalue weighted by Gasteiger charge is -2.29. The average molecular weight is 244 g/mol. The molecule has 1 aliphatic carbocycles. The Bertz CT molecular complexity index is 433. The van der Waals surface area contributed by atoms with Gasteiger partial charge in [0.2, 0.25) is 0 Å². The van der Waals surface area contributed by atoms with Gasteiger partial charge >= 0.3 is 0 Å². The van der Waals surface area contributed by atoms with Crippen molar-refractivity contribution >= 4 is 0 Å². The summed E-state index contributed by atoms with van der Waals surface area (Å²) in [6.07, 6.45) is 7.83. The van der Waals surface area contributed by atoms with Gasteiger partial charge < -0.3 is 15.4 Å². The Kier molecular flexibility index (Phi) is 3.29. The van der Waals surface area contributed by atoms with Crippen LogP contribution in [0.2, 0.25) is 0 Å². The molecule has 0 spiro atoms. The molecule has 2 aliphatic heterocycles. The van der Waals surface area contributed by atoms with Crippen molar-refractivity contribution in [3.63, 3.8) is 0 Å². The minimum absolute atomic E-state index is 0.247. The van der Waals surface area contributed by atoms with E-state index >= 15 is 0 Å². The summed E-state index contributed by atoms with van der Waals surface area (Å²) < 4.78 is 5.88. The van der Waals surface area contributed by atoms with Crippen LogP contribution in [0.3, 0.4) is 0 Å². The first-order valence-electron chi connectivity index (χ1n) is 6.87. The third kappa shape index (κ3) is 2.88. The molecule has 0 amide bonds. The van der Waals surface area contributed by atoms with Gasteiger partial charge in [0.25, 0.3) is 0 Å². The molecule has 96 valence electrons. The molecule has 18 heavy (non-hydrogen) atoms. The molecule has 0 aromatic carbocycles. The van der Waals surface area contributed by atoms with Crippen molar-refractivity contribution in [1.29, 1.82) is 0 Å². The van der Waals surface area contributed by atoms with Crippen molar-refractivity contribution in [3.8, 4) is 11.8 Å². The van der Waals surface area contributed by atoms with Crippen LogP contribution in [0.1, 0.15) is 26.2 Å². The maximum Gasteiger partial charge on any atom is 0.119 e. The molecule has 2 atom stereocenters. The number of rotatable bonds is 3. The van der Waals surface area contributed by atoms with Crippen LogP contribution in [-0.2, 0) is 4.74 Å². The second-order valence-electron chi connectivity index (χ2n) is 5.33. The van der Waals surface area contributed by atoms with Crippen molar-refractivity contribution in [2.75, 3.05) is 13.2 Å². The van der Waals surface area contributed by atoms with Gasteiger partial charge in [-0.1, -0.05) is 11.8 Å². The van der Waals surface area contributed by atoms with Crippen molar-refractivity contribution in [1.82, 2.24) is 10.6 Å². The Hall–Kier alpha value is -1.40. The normalized spacial score (nSPS) is 30.1. The lowest BCUT2D eigenvalue weighted by molar-refractivity contribution is 0.136. The molecule has 3 heteroatoms. The van der Waals surface area contributed by atoms with E-state index < -0.39 is 0 Å². The molecule has 0 bridgehead atoms. The highest BCUT2D eigenvalue weighted by Gasteiger charge is 2.20. The van der Waals surface area contributed by atoms with Gasteiger partial charge in [-0.2, -0.15) is 0 Å². The van der Waals surface area contributed by atoms with E-state index in [1.54, 1.807) is 0 Å². The van der Waals surface area contributed by atoms with E-state index in [1.807, 2.05) is 6.20 Å². The van der Waals surface area contributed by atoms with E-state index in [0.29, 0.717) is 12.0 Å². The van der Waals surface area contributed by atoms with E-state index in [0.717, 1.165) is 24.5 Å². The van der Waals surface area contributed by atoms with Gasteiger partial charge in [0.1, 0.15) is 12.4 Å². The van der Waals surface area contributed by atoms with Gasteiger partial charge in [-0.3, -0.25) is 0 Å². The third-order valence-corrected chi connectivity index (χ3v) is 3.59. The van der Waals surface area contributed by atoms with Gasteiger partial charge in [0, 0.05) is 23.7 Å². The summed E-state index contributed by atoms with van der Waals surface area (Å²) in [6.45, 7) is 4.00. The summed E-state index contributed by atoms with van der Waals surface area (Å²) in [5.41, 5.74) is 1.04. The first-order valence-corrected chi connectivity index (χ1v) is 6.87. The van der Waals surface area contributed by atoms with Crippen LogP contribution in [0.4, 0.5) is 0 Å². The largest absolute Gasteiger partial charge is 0.494 e. The molecule has 0 aromatic heterocycles. The van der Waals surface area contributed by atoms with E-state index in [-0.39, 0.29) is 6.04 Å². The predicted molar refractivity (Wildman–Crippen MR) is 71.6 cm³/mol. The van der Waals surface area contributed by atoms with Crippen LogP contribution in [0.5, 0.6) is 0 Å². The van der Waals surface area contributed by atoms with Gasteiger partial charge in [-0.05, 0) is 38.8 Å². The summed E-state index contributed by atoms with van der Waals surface area (Å²) in [4.78, 5) is 0. The second kappa shape index (κ2) is 5.07. The number of hydrogen-bond donors (Lipinski definition) is 2. The van der Waals surface area contributed by atoms with Crippen LogP contribution in [0, 0.1) is 17.8 Å². The maximum absolute atomic E-state index is 5.88. The lowest BCUT2D eigenvalue weighted by atomic mass is 10.1. The first-order chi connectivity index (χ1) is 8.81. The van der Waals surface area contributed by atoms with E-state index in [9.17, 15) is 0 Å². The Morgan fingerprint density at radius 2 is 2.22 bits per heavy atom. The van der Waals surface area contributed by atoms with Crippen molar-refractivity contribution in [2.24, 2.45) is 5.92 Å². The van der Waals surface area contributed by atoms with Gasteiger partial charge in [0.05, 0.1) is 6.04 Å². The van der Waals surface area contributed by atoms with Crippen LogP contribution >= 0.6 is 0 Å². The number of ether oxygens (including phenoxy) is 1. The monoisotopic (exact) mass is 244 g/mol. The minimum Gasteiger partial charge on any atom is -0.494 e. The molecule has 2 heterocycles. The van der Waals surface area contributed by atoms with Crippen molar-refractivity contribution in [2.45, 2.75) is 38.3 Å². The van der Waals surface area contributed by atoms with Crippen LogP contribution in [0.25, 0.3) is 0 Å². The van der Waals surface area contributed by atoms with Crippen molar-refractivity contribution in [3.05, 3.63) is 23.6 Å². The fourth-order valence-corrected chi connectivity index (χ4v) is 1.96. The summed E-state index contributed by atoms with van der Waals surface area (Å²) in [7, 11) is 0. The maximum atomic E-state index is 5.88. The molecule has 3 rings (SSSR count). The average Bonchev–Trinajstić information content (AvgIpc) is 3.11. The highest BCUT2D eigenvalue weighted by Crippen LogP contribution is 2.27. The quantitative estimate of drug-likeness (QED) is 0.739. The summed E-state index contributed by atoms with van der Waals surface area (Å²) >= 11 is 0. The SMILES string of the molecule is CC1NC=C(C#CC2CC2)C=C1OC[C@@H]1CCN1. The molecule has 0 radical (unpaired) electrons. The topological polar surface area (TPSA) is 33.3 Å². The molecule has 1 saturated carbocycles. The van der Waals surface area contributed by atoms with Crippen LogP contribution in [0.15, 0.2) is 23.6 Å². The Labute approximate surface area is 109 Å². The number of nitrogens with one attached hydrogen (secondary N) is 2.